The molecule has 9 heteroatoms. The van der Waals surface area contributed by atoms with Crippen molar-refractivity contribution in [2.24, 2.45) is 0 Å². The standard InChI is InChI=1S/C22H24FN3O4S/c1-2-29-19-9-11-20(12-10-19)31(27,28)26-13-3-4-17(15-26)22-25-24-21(30-22)14-16-5-7-18(23)8-6-16/h5-12,17H,2-4,13-15H2,1H3/t17-/m1/s1. The summed E-state index contributed by atoms with van der Waals surface area (Å²) < 4.78 is 51.9. The van der Waals surface area contributed by atoms with Crippen LogP contribution in [0.1, 0.15) is 43.0 Å². The fourth-order valence-corrected chi connectivity index (χ4v) is 5.19. The number of sulfonamides is 1. The third-order valence-corrected chi connectivity index (χ3v) is 7.14. The van der Waals surface area contributed by atoms with E-state index in [4.69, 9.17) is 9.15 Å². The van der Waals surface area contributed by atoms with Crippen LogP contribution in [0.25, 0.3) is 0 Å². The molecular formula is C22H24FN3O4S. The number of aromatic nitrogens is 2. The van der Waals surface area contributed by atoms with Crippen molar-refractivity contribution in [1.29, 1.82) is 0 Å². The van der Waals surface area contributed by atoms with Gasteiger partial charge >= 0.3 is 0 Å². The van der Waals surface area contributed by atoms with Crippen LogP contribution in [0, 0.1) is 5.82 Å². The van der Waals surface area contributed by atoms with E-state index in [1.807, 2.05) is 6.92 Å². The molecule has 2 heterocycles. The van der Waals surface area contributed by atoms with Crippen molar-refractivity contribution < 1.29 is 22.0 Å². The second-order valence-corrected chi connectivity index (χ2v) is 9.38. The first kappa shape index (κ1) is 21.5. The number of hydrogen-bond acceptors (Lipinski definition) is 6. The van der Waals surface area contributed by atoms with E-state index in [1.165, 1.54) is 16.4 Å². The summed E-state index contributed by atoms with van der Waals surface area (Å²) in [5.41, 5.74) is 0.861. The number of rotatable bonds is 7. The van der Waals surface area contributed by atoms with Crippen LogP contribution in [0.4, 0.5) is 4.39 Å². The Morgan fingerprint density at radius 3 is 2.58 bits per heavy atom. The van der Waals surface area contributed by atoms with E-state index in [-0.39, 0.29) is 23.2 Å². The van der Waals surface area contributed by atoms with Crippen molar-refractivity contribution in [3.05, 3.63) is 71.7 Å². The predicted molar refractivity (Wildman–Crippen MR) is 112 cm³/mol. The molecule has 2 aromatic carbocycles. The van der Waals surface area contributed by atoms with Gasteiger partial charge in [0.25, 0.3) is 0 Å². The van der Waals surface area contributed by atoms with Gasteiger partial charge in [-0.15, -0.1) is 10.2 Å². The van der Waals surface area contributed by atoms with E-state index < -0.39 is 10.0 Å². The van der Waals surface area contributed by atoms with Crippen molar-refractivity contribution >= 4 is 10.0 Å². The van der Waals surface area contributed by atoms with Gasteiger partial charge in [-0.2, -0.15) is 4.31 Å². The largest absolute Gasteiger partial charge is 0.494 e. The molecule has 0 aliphatic carbocycles. The molecule has 1 aliphatic rings. The number of halogens is 1. The number of nitrogens with zero attached hydrogens (tertiary/aromatic N) is 3. The second-order valence-electron chi connectivity index (χ2n) is 7.44. The van der Waals surface area contributed by atoms with Gasteiger partial charge in [0, 0.05) is 13.1 Å². The van der Waals surface area contributed by atoms with Gasteiger partial charge in [0.2, 0.25) is 21.8 Å². The Balaban J connectivity index is 1.45. The zero-order chi connectivity index (χ0) is 21.8. The van der Waals surface area contributed by atoms with Crippen LogP contribution in [-0.2, 0) is 16.4 Å². The van der Waals surface area contributed by atoms with Crippen molar-refractivity contribution in [2.75, 3.05) is 19.7 Å². The van der Waals surface area contributed by atoms with Crippen LogP contribution in [0.15, 0.2) is 57.8 Å². The fourth-order valence-electron chi connectivity index (χ4n) is 3.67. The molecule has 1 atom stereocenters. The summed E-state index contributed by atoms with van der Waals surface area (Å²) in [6.45, 7) is 3.13. The van der Waals surface area contributed by atoms with Crippen LogP contribution in [0.2, 0.25) is 0 Å². The lowest BCUT2D eigenvalue weighted by molar-refractivity contribution is 0.281. The molecule has 0 radical (unpaired) electrons. The van der Waals surface area contributed by atoms with Gasteiger partial charge in [-0.05, 0) is 61.7 Å². The maximum Gasteiger partial charge on any atom is 0.243 e. The van der Waals surface area contributed by atoms with Gasteiger partial charge in [-0.25, -0.2) is 12.8 Å². The fraction of sp³-hybridized carbons (Fsp3) is 0.364. The molecule has 0 N–H and O–H groups in total. The van der Waals surface area contributed by atoms with Crippen LogP contribution in [0.5, 0.6) is 5.75 Å². The molecule has 0 bridgehead atoms. The molecule has 164 valence electrons. The maximum atomic E-state index is 13.1. The minimum absolute atomic E-state index is 0.166. The molecule has 1 fully saturated rings. The molecule has 0 saturated carbocycles. The maximum absolute atomic E-state index is 13.1. The van der Waals surface area contributed by atoms with E-state index >= 15 is 0 Å². The van der Waals surface area contributed by atoms with Gasteiger partial charge in [-0.1, -0.05) is 12.1 Å². The lowest BCUT2D eigenvalue weighted by atomic mass is 10.00. The first-order chi connectivity index (χ1) is 15.0. The SMILES string of the molecule is CCOc1ccc(S(=O)(=O)N2CCC[C@@H](c3nnc(Cc4ccc(F)cc4)o3)C2)cc1. The van der Waals surface area contributed by atoms with Gasteiger partial charge < -0.3 is 9.15 Å². The average molecular weight is 446 g/mol. The summed E-state index contributed by atoms with van der Waals surface area (Å²) in [7, 11) is -3.63. The third kappa shape index (κ3) is 4.94. The Bertz CT molecular complexity index is 1110. The molecule has 1 aliphatic heterocycles. The smallest absolute Gasteiger partial charge is 0.243 e. The van der Waals surface area contributed by atoms with Crippen LogP contribution in [-0.4, -0.2) is 42.6 Å². The zero-order valence-corrected chi connectivity index (χ0v) is 18.0. The molecule has 0 amide bonds. The zero-order valence-electron chi connectivity index (χ0n) is 17.2. The first-order valence-electron chi connectivity index (χ1n) is 10.3. The van der Waals surface area contributed by atoms with E-state index in [0.717, 1.165) is 12.0 Å². The van der Waals surface area contributed by atoms with E-state index in [2.05, 4.69) is 10.2 Å². The second kappa shape index (κ2) is 9.15. The van der Waals surface area contributed by atoms with Crippen molar-refractivity contribution in [2.45, 2.75) is 37.0 Å². The third-order valence-electron chi connectivity index (χ3n) is 5.26. The quantitative estimate of drug-likeness (QED) is 0.550. The predicted octanol–water partition coefficient (Wildman–Crippen LogP) is 3.77. The summed E-state index contributed by atoms with van der Waals surface area (Å²) in [5.74, 6) is 1.03. The highest BCUT2D eigenvalue weighted by molar-refractivity contribution is 7.89. The molecular weight excluding hydrogens is 421 g/mol. The number of piperidine rings is 1. The highest BCUT2D eigenvalue weighted by Crippen LogP contribution is 2.30. The van der Waals surface area contributed by atoms with Gasteiger partial charge in [-0.3, -0.25) is 0 Å². The molecule has 3 aromatic rings. The minimum Gasteiger partial charge on any atom is -0.494 e. The van der Waals surface area contributed by atoms with Gasteiger partial charge in [0.1, 0.15) is 11.6 Å². The van der Waals surface area contributed by atoms with Gasteiger partial charge in [0.15, 0.2) is 0 Å². The number of ether oxygens (including phenoxy) is 1. The summed E-state index contributed by atoms with van der Waals surface area (Å²) in [6, 6.07) is 12.6. The Morgan fingerprint density at radius 1 is 1.13 bits per heavy atom. The molecule has 7 nitrogen and oxygen atoms in total. The molecule has 0 unspecified atom stereocenters. The Morgan fingerprint density at radius 2 is 1.87 bits per heavy atom. The molecule has 1 saturated heterocycles. The summed E-state index contributed by atoms with van der Waals surface area (Å²) in [4.78, 5) is 0.235. The van der Waals surface area contributed by atoms with Crippen molar-refractivity contribution in [3.63, 3.8) is 0 Å². The number of hydrogen-bond donors (Lipinski definition) is 0. The molecule has 4 rings (SSSR count). The van der Waals surface area contributed by atoms with E-state index in [0.29, 0.717) is 43.5 Å². The summed E-state index contributed by atoms with van der Waals surface area (Å²) >= 11 is 0. The molecule has 0 spiro atoms. The topological polar surface area (TPSA) is 85.5 Å². The highest BCUT2D eigenvalue weighted by atomic mass is 32.2. The van der Waals surface area contributed by atoms with Gasteiger partial charge in [0.05, 0.1) is 23.8 Å². The number of benzene rings is 2. The van der Waals surface area contributed by atoms with Crippen molar-refractivity contribution in [3.8, 4) is 5.75 Å². The van der Waals surface area contributed by atoms with Crippen LogP contribution >= 0.6 is 0 Å². The Hall–Kier alpha value is -2.78. The lowest BCUT2D eigenvalue weighted by Gasteiger charge is -2.30. The van der Waals surface area contributed by atoms with E-state index in [1.54, 1.807) is 36.4 Å². The lowest BCUT2D eigenvalue weighted by Crippen LogP contribution is -2.39. The summed E-state index contributed by atoms with van der Waals surface area (Å²) in [5, 5.41) is 8.24. The molecule has 31 heavy (non-hydrogen) atoms. The normalized spacial score (nSPS) is 17.5. The average Bonchev–Trinajstić information content (AvgIpc) is 3.25. The first-order valence-corrected chi connectivity index (χ1v) is 11.7. The van der Waals surface area contributed by atoms with Crippen LogP contribution < -0.4 is 4.74 Å². The van der Waals surface area contributed by atoms with E-state index in [9.17, 15) is 12.8 Å². The Labute approximate surface area is 180 Å². The van der Waals surface area contributed by atoms with Crippen LogP contribution in [0.3, 0.4) is 0 Å². The summed E-state index contributed by atoms with van der Waals surface area (Å²) in [6.07, 6.45) is 1.87. The monoisotopic (exact) mass is 445 g/mol. The van der Waals surface area contributed by atoms with Crippen molar-refractivity contribution in [1.82, 2.24) is 14.5 Å². The highest BCUT2D eigenvalue weighted by Gasteiger charge is 2.33. The molecule has 1 aromatic heterocycles. The minimum atomic E-state index is -3.63. The Kier molecular flexibility index (Phi) is 6.33.